The molecule has 1 rings (SSSR count). The Hall–Kier alpha value is -0.860. The monoisotopic (exact) mass is 221 g/mol. The Bertz CT molecular complexity index is 269. The molecule has 0 radical (unpaired) electrons. The number of methoxy groups -OCH3 is 1. The first kappa shape index (κ1) is 13.2. The maximum absolute atomic E-state index is 5.55. The molecule has 0 spiro atoms. The van der Waals surface area contributed by atoms with Crippen molar-refractivity contribution in [3.05, 3.63) is 35.9 Å². The summed E-state index contributed by atoms with van der Waals surface area (Å²) in [6, 6.07) is 10.8. The van der Waals surface area contributed by atoms with Crippen molar-refractivity contribution < 1.29 is 4.74 Å². The molecule has 1 N–H and O–H groups in total. The van der Waals surface area contributed by atoms with E-state index >= 15 is 0 Å². The van der Waals surface area contributed by atoms with Crippen LogP contribution in [0.15, 0.2) is 30.3 Å². The molecule has 2 nitrogen and oxygen atoms in total. The van der Waals surface area contributed by atoms with Crippen molar-refractivity contribution >= 4 is 0 Å². The van der Waals surface area contributed by atoms with Gasteiger partial charge in [0.05, 0.1) is 12.1 Å². The summed E-state index contributed by atoms with van der Waals surface area (Å²) in [5, 5.41) is 3.56. The molecule has 1 aromatic carbocycles. The topological polar surface area (TPSA) is 21.3 Å². The highest BCUT2D eigenvalue weighted by atomic mass is 16.5. The zero-order chi connectivity index (χ0) is 11.8. The van der Waals surface area contributed by atoms with Crippen molar-refractivity contribution in [3.63, 3.8) is 0 Å². The van der Waals surface area contributed by atoms with Crippen LogP contribution >= 0.6 is 0 Å². The lowest BCUT2D eigenvalue weighted by Crippen LogP contribution is -2.33. The summed E-state index contributed by atoms with van der Waals surface area (Å²) in [4.78, 5) is 0. The normalized spacial score (nSPS) is 14.7. The highest BCUT2D eigenvalue weighted by Gasteiger charge is 2.20. The molecule has 0 heterocycles. The largest absolute Gasteiger partial charge is 0.379 e. The van der Waals surface area contributed by atoms with Crippen molar-refractivity contribution in [2.75, 3.05) is 13.7 Å². The second-order valence-corrected chi connectivity index (χ2v) is 4.02. The first-order chi connectivity index (χ1) is 7.83. The molecule has 0 aliphatic rings. The fourth-order valence-electron chi connectivity index (χ4n) is 1.96. The summed E-state index contributed by atoms with van der Waals surface area (Å²) in [5.74, 6) is 0. The van der Waals surface area contributed by atoms with E-state index in [4.69, 9.17) is 4.74 Å². The summed E-state index contributed by atoms with van der Waals surface area (Å²) in [7, 11) is 1.79. The van der Waals surface area contributed by atoms with Gasteiger partial charge >= 0.3 is 0 Å². The van der Waals surface area contributed by atoms with E-state index in [1.807, 2.05) is 6.07 Å². The number of hydrogen-bond acceptors (Lipinski definition) is 2. The second kappa shape index (κ2) is 7.42. The van der Waals surface area contributed by atoms with Crippen LogP contribution in [0, 0.1) is 0 Å². The Balaban J connectivity index is 2.78. The van der Waals surface area contributed by atoms with Crippen LogP contribution in [0.1, 0.15) is 38.3 Å². The minimum Gasteiger partial charge on any atom is -0.379 e. The lowest BCUT2D eigenvalue weighted by Gasteiger charge is -2.26. The van der Waals surface area contributed by atoms with Gasteiger partial charge in [-0.1, -0.05) is 44.2 Å². The second-order valence-electron chi connectivity index (χ2n) is 4.02. The predicted molar refractivity (Wildman–Crippen MR) is 68.6 cm³/mol. The lowest BCUT2D eigenvalue weighted by atomic mass is 9.99. The van der Waals surface area contributed by atoms with E-state index in [1.54, 1.807) is 7.11 Å². The van der Waals surface area contributed by atoms with E-state index in [9.17, 15) is 0 Å². The number of benzene rings is 1. The van der Waals surface area contributed by atoms with Gasteiger partial charge in [0, 0.05) is 7.11 Å². The van der Waals surface area contributed by atoms with Gasteiger partial charge in [-0.15, -0.1) is 0 Å². The van der Waals surface area contributed by atoms with Crippen molar-refractivity contribution in [3.8, 4) is 0 Å². The fraction of sp³-hybridized carbons (Fsp3) is 0.571. The average Bonchev–Trinajstić information content (AvgIpc) is 2.35. The molecule has 16 heavy (non-hydrogen) atoms. The summed E-state index contributed by atoms with van der Waals surface area (Å²) in [6.07, 6.45) is 2.41. The first-order valence-corrected chi connectivity index (χ1v) is 6.14. The van der Waals surface area contributed by atoms with Gasteiger partial charge in [-0.3, -0.25) is 0 Å². The Kier molecular flexibility index (Phi) is 6.12. The Morgan fingerprint density at radius 1 is 1.19 bits per heavy atom. The zero-order valence-electron chi connectivity index (χ0n) is 10.6. The predicted octanol–water partition coefficient (Wildman–Crippen LogP) is 3.15. The van der Waals surface area contributed by atoms with Crippen LogP contribution < -0.4 is 5.32 Å². The molecule has 0 amide bonds. The third-order valence-corrected chi connectivity index (χ3v) is 2.85. The van der Waals surface area contributed by atoms with Gasteiger partial charge in [0.25, 0.3) is 0 Å². The maximum Gasteiger partial charge on any atom is 0.0763 e. The molecular weight excluding hydrogens is 198 g/mol. The van der Waals surface area contributed by atoms with Crippen molar-refractivity contribution in [1.82, 2.24) is 5.32 Å². The number of nitrogens with one attached hydrogen (secondary N) is 1. The molecule has 2 heteroatoms. The molecule has 1 aromatic rings. The van der Waals surface area contributed by atoms with Gasteiger partial charge in [-0.25, -0.2) is 0 Å². The third kappa shape index (κ3) is 3.62. The fourth-order valence-corrected chi connectivity index (χ4v) is 1.96. The third-order valence-electron chi connectivity index (χ3n) is 2.85. The summed E-state index contributed by atoms with van der Waals surface area (Å²) in [5.41, 5.74) is 1.31. The molecule has 0 saturated carbocycles. The molecular formula is C14H23NO. The minimum absolute atomic E-state index is 0.244. The molecule has 90 valence electrons. The average molecular weight is 221 g/mol. The van der Waals surface area contributed by atoms with Gasteiger partial charge in [0.15, 0.2) is 0 Å². The number of ether oxygens (including phenoxy) is 1. The smallest absolute Gasteiger partial charge is 0.0763 e. The van der Waals surface area contributed by atoms with E-state index in [1.165, 1.54) is 5.56 Å². The quantitative estimate of drug-likeness (QED) is 0.763. The highest BCUT2D eigenvalue weighted by Crippen LogP contribution is 2.20. The van der Waals surface area contributed by atoms with Crippen LogP contribution in [0.2, 0.25) is 0 Å². The highest BCUT2D eigenvalue weighted by molar-refractivity contribution is 5.20. The molecule has 0 saturated heterocycles. The lowest BCUT2D eigenvalue weighted by molar-refractivity contribution is 0.0651. The van der Waals surface area contributed by atoms with Crippen LogP contribution in [0.3, 0.4) is 0 Å². The van der Waals surface area contributed by atoms with Crippen molar-refractivity contribution in [2.24, 2.45) is 0 Å². The molecule has 2 atom stereocenters. The van der Waals surface area contributed by atoms with Crippen LogP contribution in [-0.4, -0.2) is 19.8 Å². The summed E-state index contributed by atoms with van der Waals surface area (Å²) < 4.78 is 5.55. The first-order valence-electron chi connectivity index (χ1n) is 6.14. The zero-order valence-corrected chi connectivity index (χ0v) is 10.6. The van der Waals surface area contributed by atoms with Gasteiger partial charge in [0.2, 0.25) is 0 Å². The Morgan fingerprint density at radius 3 is 2.38 bits per heavy atom. The van der Waals surface area contributed by atoms with Crippen molar-refractivity contribution in [2.45, 2.75) is 38.8 Å². The molecule has 0 aromatic heterocycles. The SMILES string of the molecule is CCCNC(c1ccccc1)C(CC)OC. The van der Waals surface area contributed by atoms with Crippen LogP contribution in [0.4, 0.5) is 0 Å². The summed E-state index contributed by atoms with van der Waals surface area (Å²) in [6.45, 7) is 5.37. The molecule has 2 unspecified atom stereocenters. The standard InChI is InChI=1S/C14H23NO/c1-4-11-15-14(13(5-2)16-3)12-9-7-6-8-10-12/h6-10,13-15H,4-5,11H2,1-3H3. The van der Waals surface area contributed by atoms with Crippen molar-refractivity contribution in [1.29, 1.82) is 0 Å². The number of hydrogen-bond donors (Lipinski definition) is 1. The number of rotatable bonds is 7. The minimum atomic E-state index is 0.244. The van der Waals surface area contributed by atoms with E-state index in [0.29, 0.717) is 6.04 Å². The van der Waals surface area contributed by atoms with E-state index in [-0.39, 0.29) is 6.10 Å². The van der Waals surface area contributed by atoms with Crippen LogP contribution in [-0.2, 0) is 4.74 Å². The van der Waals surface area contributed by atoms with Gasteiger partial charge in [0.1, 0.15) is 0 Å². The van der Waals surface area contributed by atoms with Crippen LogP contribution in [0.25, 0.3) is 0 Å². The maximum atomic E-state index is 5.55. The van der Waals surface area contributed by atoms with E-state index in [2.05, 4.69) is 43.4 Å². The molecule has 0 aliphatic carbocycles. The van der Waals surface area contributed by atoms with Gasteiger partial charge in [-0.2, -0.15) is 0 Å². The van der Waals surface area contributed by atoms with Gasteiger partial charge < -0.3 is 10.1 Å². The van der Waals surface area contributed by atoms with E-state index < -0.39 is 0 Å². The van der Waals surface area contributed by atoms with Gasteiger partial charge in [-0.05, 0) is 24.9 Å². The summed E-state index contributed by atoms with van der Waals surface area (Å²) >= 11 is 0. The molecule has 0 bridgehead atoms. The Labute approximate surface area is 99.0 Å². The molecule has 0 aliphatic heterocycles. The van der Waals surface area contributed by atoms with Crippen LogP contribution in [0.5, 0.6) is 0 Å². The van der Waals surface area contributed by atoms with E-state index in [0.717, 1.165) is 19.4 Å². The Morgan fingerprint density at radius 2 is 1.88 bits per heavy atom. The molecule has 0 fully saturated rings.